The Kier molecular flexibility index (Phi) is 2.79. The van der Waals surface area contributed by atoms with Crippen LogP contribution in [-0.2, 0) is 9.31 Å². The Bertz CT molecular complexity index is 662. The molecule has 0 bridgehead atoms. The maximum Gasteiger partial charge on any atom is 0.497 e. The highest BCUT2D eigenvalue weighted by Gasteiger charge is 2.52. The first-order valence-electron chi connectivity index (χ1n) is 6.84. The topological polar surface area (TPSA) is 34.2 Å². The Balaban J connectivity index is 2.12. The predicted molar refractivity (Wildman–Crippen MR) is 78.7 cm³/mol. The molecule has 106 valence electrons. The van der Waals surface area contributed by atoms with E-state index in [1.54, 1.807) is 0 Å². The van der Waals surface area contributed by atoms with Crippen molar-refractivity contribution in [3.8, 4) is 0 Å². The van der Waals surface area contributed by atoms with E-state index in [0.29, 0.717) is 5.46 Å². The number of fused-ring (bicyclic) bond motifs is 1. The molecular formula is C15H19BFNO2. The van der Waals surface area contributed by atoms with Crippen molar-refractivity contribution < 1.29 is 13.7 Å². The van der Waals surface area contributed by atoms with E-state index in [9.17, 15) is 4.39 Å². The molecule has 0 unspecified atom stereocenters. The van der Waals surface area contributed by atoms with Crippen LogP contribution in [0.1, 0.15) is 33.3 Å². The zero-order valence-corrected chi connectivity index (χ0v) is 12.5. The monoisotopic (exact) mass is 275 g/mol. The fraction of sp³-hybridized carbons (Fsp3) is 0.467. The molecule has 0 amide bonds. The molecule has 1 aromatic carbocycles. The lowest BCUT2D eigenvalue weighted by atomic mass is 9.77. The molecule has 0 radical (unpaired) electrons. The van der Waals surface area contributed by atoms with Gasteiger partial charge in [0, 0.05) is 22.6 Å². The largest absolute Gasteiger partial charge is 0.497 e. The van der Waals surface area contributed by atoms with Gasteiger partial charge in [0.15, 0.2) is 0 Å². The van der Waals surface area contributed by atoms with Crippen molar-refractivity contribution in [3.63, 3.8) is 0 Å². The van der Waals surface area contributed by atoms with Gasteiger partial charge in [0.25, 0.3) is 0 Å². The maximum atomic E-state index is 13.9. The summed E-state index contributed by atoms with van der Waals surface area (Å²) in [6, 6.07) is 3.02. The Morgan fingerprint density at radius 2 is 1.70 bits per heavy atom. The number of rotatable bonds is 1. The highest BCUT2D eigenvalue weighted by Crippen LogP contribution is 2.37. The van der Waals surface area contributed by atoms with Crippen LogP contribution in [0.2, 0.25) is 0 Å². The summed E-state index contributed by atoms with van der Waals surface area (Å²) in [5.74, 6) is -0.273. The Hall–Kier alpha value is -1.33. The van der Waals surface area contributed by atoms with Gasteiger partial charge in [-0.3, -0.25) is 0 Å². The Morgan fingerprint density at radius 1 is 1.10 bits per heavy atom. The summed E-state index contributed by atoms with van der Waals surface area (Å²) in [5, 5.41) is 0.870. The van der Waals surface area contributed by atoms with Crippen LogP contribution in [0.3, 0.4) is 0 Å². The zero-order chi connectivity index (χ0) is 14.7. The van der Waals surface area contributed by atoms with Gasteiger partial charge >= 0.3 is 7.12 Å². The minimum atomic E-state index is -0.559. The Labute approximate surface area is 118 Å². The normalized spacial score (nSPS) is 20.8. The van der Waals surface area contributed by atoms with Crippen molar-refractivity contribution in [2.75, 3.05) is 0 Å². The molecule has 0 spiro atoms. The van der Waals surface area contributed by atoms with E-state index in [0.717, 1.165) is 16.5 Å². The molecule has 2 heterocycles. The molecule has 1 N–H and O–H groups in total. The van der Waals surface area contributed by atoms with E-state index in [4.69, 9.17) is 9.31 Å². The van der Waals surface area contributed by atoms with Crippen LogP contribution in [0.15, 0.2) is 18.3 Å². The summed E-state index contributed by atoms with van der Waals surface area (Å²) >= 11 is 0. The third-order valence-corrected chi connectivity index (χ3v) is 4.50. The van der Waals surface area contributed by atoms with Gasteiger partial charge < -0.3 is 14.3 Å². The first-order chi connectivity index (χ1) is 9.21. The van der Waals surface area contributed by atoms with Crippen LogP contribution >= 0.6 is 0 Å². The van der Waals surface area contributed by atoms with Crippen molar-refractivity contribution in [1.82, 2.24) is 4.98 Å². The van der Waals surface area contributed by atoms with Gasteiger partial charge in [-0.05, 0) is 52.3 Å². The van der Waals surface area contributed by atoms with Gasteiger partial charge in [0.05, 0.1) is 11.2 Å². The lowest BCUT2D eigenvalue weighted by molar-refractivity contribution is 0.00578. The van der Waals surface area contributed by atoms with Crippen LogP contribution in [0.25, 0.3) is 10.9 Å². The molecule has 3 nitrogen and oxygen atoms in total. The summed E-state index contributed by atoms with van der Waals surface area (Å²) in [6.45, 7) is 9.91. The van der Waals surface area contributed by atoms with E-state index in [-0.39, 0.29) is 5.82 Å². The number of nitrogens with one attached hydrogen (secondary N) is 1. The standard InChI is InChI=1S/C15H19BFNO2/c1-9-8-18-13-11(9)6-10(17)7-12(13)16-19-14(2,3)15(4,5)20-16/h6-8,18H,1-5H3. The summed E-state index contributed by atoms with van der Waals surface area (Å²) in [7, 11) is -0.559. The minimum Gasteiger partial charge on any atom is -0.399 e. The maximum absolute atomic E-state index is 13.9. The average molecular weight is 275 g/mol. The SMILES string of the molecule is Cc1c[nH]c2c(B3OC(C)(C)C(C)(C)O3)cc(F)cc12. The molecule has 1 aliphatic heterocycles. The summed E-state index contributed by atoms with van der Waals surface area (Å²) in [4.78, 5) is 3.19. The van der Waals surface area contributed by atoms with Crippen LogP contribution < -0.4 is 5.46 Å². The molecule has 0 aliphatic carbocycles. The lowest BCUT2D eigenvalue weighted by Crippen LogP contribution is -2.41. The average Bonchev–Trinajstić information content (AvgIpc) is 2.78. The number of halogens is 1. The molecule has 1 aliphatic rings. The Morgan fingerprint density at radius 3 is 2.30 bits per heavy atom. The fourth-order valence-electron chi connectivity index (χ4n) is 2.51. The minimum absolute atomic E-state index is 0.273. The third kappa shape index (κ3) is 1.88. The number of aryl methyl sites for hydroxylation is 1. The number of hydrogen-bond acceptors (Lipinski definition) is 2. The summed E-state index contributed by atoms with van der Waals surface area (Å²) < 4.78 is 25.9. The summed E-state index contributed by atoms with van der Waals surface area (Å²) in [6.07, 6.45) is 1.87. The molecule has 0 saturated carbocycles. The molecule has 5 heteroatoms. The van der Waals surface area contributed by atoms with Gasteiger partial charge in [0.2, 0.25) is 0 Å². The number of aromatic amines is 1. The number of benzene rings is 1. The van der Waals surface area contributed by atoms with Crippen molar-refractivity contribution in [1.29, 1.82) is 0 Å². The first-order valence-corrected chi connectivity index (χ1v) is 6.84. The lowest BCUT2D eigenvalue weighted by Gasteiger charge is -2.32. The smallest absolute Gasteiger partial charge is 0.399 e. The predicted octanol–water partition coefficient (Wildman–Crippen LogP) is 2.91. The van der Waals surface area contributed by atoms with E-state index in [2.05, 4.69) is 4.98 Å². The molecule has 3 rings (SSSR count). The molecule has 1 saturated heterocycles. The van der Waals surface area contributed by atoms with E-state index >= 15 is 0 Å². The number of H-pyrrole nitrogens is 1. The quantitative estimate of drug-likeness (QED) is 0.812. The van der Waals surface area contributed by atoms with Crippen LogP contribution in [0, 0.1) is 12.7 Å². The highest BCUT2D eigenvalue weighted by molar-refractivity contribution is 6.65. The zero-order valence-electron chi connectivity index (χ0n) is 12.5. The second-order valence-electron chi connectivity index (χ2n) is 6.48. The second-order valence-corrected chi connectivity index (χ2v) is 6.48. The number of hydrogen-bond donors (Lipinski definition) is 1. The molecule has 0 atom stereocenters. The van der Waals surface area contributed by atoms with Crippen LogP contribution in [0.5, 0.6) is 0 Å². The molecule has 1 aromatic heterocycles. The number of aromatic nitrogens is 1. The second kappa shape index (κ2) is 4.09. The molecule has 2 aromatic rings. The fourth-order valence-corrected chi connectivity index (χ4v) is 2.51. The first kappa shape index (κ1) is 13.6. The van der Waals surface area contributed by atoms with Crippen molar-refractivity contribution in [2.24, 2.45) is 0 Å². The van der Waals surface area contributed by atoms with Crippen LogP contribution in [0.4, 0.5) is 4.39 Å². The van der Waals surface area contributed by atoms with E-state index in [1.165, 1.54) is 12.1 Å². The summed E-state index contributed by atoms with van der Waals surface area (Å²) in [5.41, 5.74) is 1.74. The van der Waals surface area contributed by atoms with Gasteiger partial charge in [-0.1, -0.05) is 0 Å². The van der Waals surface area contributed by atoms with Crippen molar-refractivity contribution in [3.05, 3.63) is 29.7 Å². The van der Waals surface area contributed by atoms with Crippen molar-refractivity contribution in [2.45, 2.75) is 45.8 Å². The highest BCUT2D eigenvalue weighted by atomic mass is 19.1. The third-order valence-electron chi connectivity index (χ3n) is 4.50. The van der Waals surface area contributed by atoms with Crippen LogP contribution in [-0.4, -0.2) is 23.3 Å². The van der Waals surface area contributed by atoms with Gasteiger partial charge in [-0.25, -0.2) is 4.39 Å². The molecule has 1 fully saturated rings. The molecule has 20 heavy (non-hydrogen) atoms. The van der Waals surface area contributed by atoms with Gasteiger partial charge in [-0.2, -0.15) is 0 Å². The van der Waals surface area contributed by atoms with Gasteiger partial charge in [0.1, 0.15) is 5.82 Å². The van der Waals surface area contributed by atoms with Gasteiger partial charge in [-0.15, -0.1) is 0 Å². The van der Waals surface area contributed by atoms with E-state index in [1.807, 2.05) is 40.8 Å². The van der Waals surface area contributed by atoms with E-state index < -0.39 is 18.3 Å². The molecular weight excluding hydrogens is 256 g/mol. The van der Waals surface area contributed by atoms with Crippen molar-refractivity contribution >= 4 is 23.5 Å².